The van der Waals surface area contributed by atoms with Gasteiger partial charge in [0.25, 0.3) is 0 Å². The number of hydrogen-bond acceptors (Lipinski definition) is 1. The minimum absolute atomic E-state index is 1.01. The van der Waals surface area contributed by atoms with Gasteiger partial charge in [-0.15, -0.1) is 11.3 Å². The highest BCUT2D eigenvalue weighted by Crippen LogP contribution is 2.17. The third-order valence-electron chi connectivity index (χ3n) is 2.07. The third-order valence-corrected chi connectivity index (χ3v) is 3.28. The molecule has 0 saturated carbocycles. The van der Waals surface area contributed by atoms with Gasteiger partial charge in [-0.25, -0.2) is 0 Å². The Balaban J connectivity index is 2.10. The van der Waals surface area contributed by atoms with Gasteiger partial charge in [0.1, 0.15) is 0 Å². The SMILES string of the molecule is CCc1ccc(Cn2cccc2)s1. The second-order valence-electron chi connectivity index (χ2n) is 3.08. The summed E-state index contributed by atoms with van der Waals surface area (Å²) in [6.45, 7) is 3.21. The quantitative estimate of drug-likeness (QED) is 0.702. The molecule has 68 valence electrons. The van der Waals surface area contributed by atoms with E-state index in [0.717, 1.165) is 13.0 Å². The number of aryl methyl sites for hydroxylation is 1. The van der Waals surface area contributed by atoms with Gasteiger partial charge in [-0.2, -0.15) is 0 Å². The van der Waals surface area contributed by atoms with Crippen molar-refractivity contribution in [3.63, 3.8) is 0 Å². The maximum Gasteiger partial charge on any atom is 0.0563 e. The Hall–Kier alpha value is -1.02. The Labute approximate surface area is 82.6 Å². The molecule has 2 heteroatoms. The van der Waals surface area contributed by atoms with E-state index in [1.54, 1.807) is 0 Å². The molecule has 0 unspecified atom stereocenters. The molecule has 0 fully saturated rings. The van der Waals surface area contributed by atoms with Gasteiger partial charge in [0, 0.05) is 22.1 Å². The van der Waals surface area contributed by atoms with E-state index in [9.17, 15) is 0 Å². The van der Waals surface area contributed by atoms with Crippen LogP contribution in [0.3, 0.4) is 0 Å². The van der Waals surface area contributed by atoms with Crippen molar-refractivity contribution in [2.24, 2.45) is 0 Å². The van der Waals surface area contributed by atoms with Crippen molar-refractivity contribution in [3.05, 3.63) is 46.4 Å². The number of thiophene rings is 1. The Morgan fingerprint density at radius 1 is 1.15 bits per heavy atom. The average molecular weight is 191 g/mol. The van der Waals surface area contributed by atoms with E-state index >= 15 is 0 Å². The van der Waals surface area contributed by atoms with Crippen molar-refractivity contribution < 1.29 is 0 Å². The largest absolute Gasteiger partial charge is 0.349 e. The summed E-state index contributed by atoms with van der Waals surface area (Å²) < 4.78 is 2.20. The predicted octanol–water partition coefficient (Wildman–Crippen LogP) is 3.16. The predicted molar refractivity (Wildman–Crippen MR) is 57.2 cm³/mol. The van der Waals surface area contributed by atoms with Crippen LogP contribution in [0.2, 0.25) is 0 Å². The number of aromatic nitrogens is 1. The fourth-order valence-corrected chi connectivity index (χ4v) is 2.32. The number of rotatable bonds is 3. The molecule has 2 rings (SSSR count). The average Bonchev–Trinajstić information content (AvgIpc) is 2.76. The molecule has 2 heterocycles. The van der Waals surface area contributed by atoms with Gasteiger partial charge in [0.05, 0.1) is 6.54 Å². The Morgan fingerprint density at radius 3 is 2.46 bits per heavy atom. The second-order valence-corrected chi connectivity index (χ2v) is 4.33. The van der Waals surface area contributed by atoms with Crippen LogP contribution in [0.5, 0.6) is 0 Å². The first kappa shape index (κ1) is 8.57. The van der Waals surface area contributed by atoms with E-state index in [-0.39, 0.29) is 0 Å². The van der Waals surface area contributed by atoms with Crippen LogP contribution in [0, 0.1) is 0 Å². The van der Waals surface area contributed by atoms with Gasteiger partial charge < -0.3 is 4.57 Å². The van der Waals surface area contributed by atoms with Crippen molar-refractivity contribution in [1.82, 2.24) is 4.57 Å². The Kier molecular flexibility index (Phi) is 2.50. The summed E-state index contributed by atoms with van der Waals surface area (Å²) in [5, 5.41) is 0. The molecule has 0 aliphatic rings. The molecule has 0 radical (unpaired) electrons. The standard InChI is InChI=1S/C11H13NS/c1-2-10-5-6-11(13-10)9-12-7-3-4-8-12/h3-8H,2,9H2,1H3. The summed E-state index contributed by atoms with van der Waals surface area (Å²) in [5.74, 6) is 0. The van der Waals surface area contributed by atoms with Crippen molar-refractivity contribution >= 4 is 11.3 Å². The molecule has 0 amide bonds. The van der Waals surface area contributed by atoms with Crippen LogP contribution in [0.15, 0.2) is 36.7 Å². The first-order chi connectivity index (χ1) is 6.38. The molecule has 0 aliphatic carbocycles. The molecule has 2 aromatic rings. The lowest BCUT2D eigenvalue weighted by molar-refractivity contribution is 0.819. The smallest absolute Gasteiger partial charge is 0.0563 e. The molecule has 0 saturated heterocycles. The van der Waals surface area contributed by atoms with Crippen LogP contribution in [0.25, 0.3) is 0 Å². The molecule has 1 nitrogen and oxygen atoms in total. The van der Waals surface area contributed by atoms with E-state index in [4.69, 9.17) is 0 Å². The summed E-state index contributed by atoms with van der Waals surface area (Å²) in [6.07, 6.45) is 5.35. The lowest BCUT2D eigenvalue weighted by atomic mass is 10.3. The Bertz CT molecular complexity index is 359. The molecular formula is C11H13NS. The van der Waals surface area contributed by atoms with E-state index in [0.29, 0.717) is 0 Å². The monoisotopic (exact) mass is 191 g/mol. The molecule has 0 bridgehead atoms. The second kappa shape index (κ2) is 3.79. The van der Waals surface area contributed by atoms with E-state index in [1.807, 2.05) is 11.3 Å². The van der Waals surface area contributed by atoms with Crippen LogP contribution >= 0.6 is 11.3 Å². The summed E-state index contributed by atoms with van der Waals surface area (Å²) in [7, 11) is 0. The fourth-order valence-electron chi connectivity index (χ4n) is 1.35. The summed E-state index contributed by atoms with van der Waals surface area (Å²) in [6, 6.07) is 8.58. The van der Waals surface area contributed by atoms with E-state index in [2.05, 4.69) is 48.1 Å². The molecule has 0 aliphatic heterocycles. The van der Waals surface area contributed by atoms with Gasteiger partial charge >= 0.3 is 0 Å². The molecule has 0 atom stereocenters. The van der Waals surface area contributed by atoms with Gasteiger partial charge in [-0.3, -0.25) is 0 Å². The van der Waals surface area contributed by atoms with Gasteiger partial charge in [-0.05, 0) is 30.7 Å². The van der Waals surface area contributed by atoms with Crippen LogP contribution in [-0.2, 0) is 13.0 Å². The molecule has 0 spiro atoms. The van der Waals surface area contributed by atoms with Crippen molar-refractivity contribution in [2.45, 2.75) is 19.9 Å². The zero-order valence-corrected chi connectivity index (χ0v) is 8.55. The lowest BCUT2D eigenvalue weighted by Crippen LogP contribution is -1.92. The zero-order valence-electron chi connectivity index (χ0n) is 7.73. The molecule has 2 aromatic heterocycles. The number of nitrogens with zero attached hydrogens (tertiary/aromatic N) is 1. The highest BCUT2D eigenvalue weighted by Gasteiger charge is 1.98. The van der Waals surface area contributed by atoms with E-state index < -0.39 is 0 Å². The van der Waals surface area contributed by atoms with E-state index in [1.165, 1.54) is 9.75 Å². The highest BCUT2D eigenvalue weighted by atomic mass is 32.1. The minimum atomic E-state index is 1.01. The first-order valence-electron chi connectivity index (χ1n) is 4.57. The minimum Gasteiger partial charge on any atom is -0.349 e. The van der Waals surface area contributed by atoms with Gasteiger partial charge in [0.2, 0.25) is 0 Å². The highest BCUT2D eigenvalue weighted by molar-refractivity contribution is 7.11. The Morgan fingerprint density at radius 2 is 1.85 bits per heavy atom. The fraction of sp³-hybridized carbons (Fsp3) is 0.273. The number of hydrogen-bond donors (Lipinski definition) is 0. The maximum atomic E-state index is 2.23. The van der Waals surface area contributed by atoms with Gasteiger partial charge in [0.15, 0.2) is 0 Å². The van der Waals surface area contributed by atoms with Crippen molar-refractivity contribution in [3.8, 4) is 0 Å². The zero-order chi connectivity index (χ0) is 9.10. The summed E-state index contributed by atoms with van der Waals surface area (Å²) in [4.78, 5) is 2.91. The van der Waals surface area contributed by atoms with Crippen LogP contribution in [0.1, 0.15) is 16.7 Å². The van der Waals surface area contributed by atoms with Crippen LogP contribution in [0.4, 0.5) is 0 Å². The van der Waals surface area contributed by atoms with Crippen molar-refractivity contribution in [2.75, 3.05) is 0 Å². The van der Waals surface area contributed by atoms with Crippen molar-refractivity contribution in [1.29, 1.82) is 0 Å². The summed E-state index contributed by atoms with van der Waals surface area (Å²) in [5.41, 5.74) is 0. The lowest BCUT2D eigenvalue weighted by Gasteiger charge is -1.98. The first-order valence-corrected chi connectivity index (χ1v) is 5.38. The van der Waals surface area contributed by atoms with Gasteiger partial charge in [-0.1, -0.05) is 6.92 Å². The molecule has 0 N–H and O–H groups in total. The molecular weight excluding hydrogens is 178 g/mol. The molecule has 13 heavy (non-hydrogen) atoms. The normalized spacial score (nSPS) is 10.5. The maximum absolute atomic E-state index is 2.23. The summed E-state index contributed by atoms with van der Waals surface area (Å²) >= 11 is 1.91. The molecule has 0 aromatic carbocycles. The van der Waals surface area contributed by atoms with Crippen LogP contribution in [-0.4, -0.2) is 4.57 Å². The topological polar surface area (TPSA) is 4.93 Å². The third kappa shape index (κ3) is 2.01. The van der Waals surface area contributed by atoms with Crippen LogP contribution < -0.4 is 0 Å².